The molecule has 2 aliphatic heterocycles. The maximum Gasteiger partial charge on any atom is 0.431 e. The summed E-state index contributed by atoms with van der Waals surface area (Å²) in [5, 5.41) is 1.22. The highest BCUT2D eigenvalue weighted by Crippen LogP contribution is 2.47. The molecule has 0 saturated heterocycles. The molecule has 0 fully saturated rings. The fourth-order valence-electron chi connectivity index (χ4n) is 7.64. The van der Waals surface area contributed by atoms with Crippen LogP contribution in [0.4, 0.5) is 17.1 Å². The predicted octanol–water partition coefficient (Wildman–Crippen LogP) is 9.91. The van der Waals surface area contributed by atoms with Gasteiger partial charge in [-0.15, -0.1) is 0 Å². The first kappa shape index (κ1) is 26.9. The van der Waals surface area contributed by atoms with Crippen LogP contribution >= 0.6 is 0 Å². The third-order valence-electron chi connectivity index (χ3n) is 9.84. The fraction of sp³-hybridized carbons (Fsp3) is 0. The Hall–Kier alpha value is -6.26. The topological polar surface area (TPSA) is 17.4 Å². The molecule has 0 spiro atoms. The highest BCUT2D eigenvalue weighted by molar-refractivity contribution is 6.86. The van der Waals surface area contributed by atoms with Crippen molar-refractivity contribution in [3.63, 3.8) is 0 Å². The van der Waals surface area contributed by atoms with Crippen LogP contribution in [0.25, 0.3) is 50.0 Å². The Kier molecular flexibility index (Phi) is 5.97. The molecule has 7 aromatic carbocycles. The monoisotopic (exact) mass is 612 g/mol. The third-order valence-corrected chi connectivity index (χ3v) is 9.84. The van der Waals surface area contributed by atoms with Crippen LogP contribution in [0.2, 0.25) is 0 Å². The first-order valence-corrected chi connectivity index (χ1v) is 16.5. The number of benzene rings is 7. The van der Waals surface area contributed by atoms with E-state index >= 15 is 0 Å². The van der Waals surface area contributed by atoms with Crippen LogP contribution in [-0.2, 0) is 0 Å². The van der Waals surface area contributed by atoms with Crippen molar-refractivity contribution >= 4 is 45.8 Å². The van der Waals surface area contributed by atoms with Crippen molar-refractivity contribution < 1.29 is 4.65 Å². The molecule has 0 bridgehead atoms. The van der Waals surface area contributed by atoms with E-state index < -0.39 is 0 Å². The Balaban J connectivity index is 1.27. The van der Waals surface area contributed by atoms with E-state index in [1.54, 1.807) is 0 Å². The van der Waals surface area contributed by atoms with Crippen LogP contribution < -0.4 is 20.5 Å². The SMILES string of the molecule is c1ccc(-c2ccc(N3c4ccc(-c5ccccc5)cc4B4Oc5ccccc5-c5c4c3cc3c5ccn3-c3ccccc3)cc2)cc1. The van der Waals surface area contributed by atoms with Gasteiger partial charge in [-0.25, -0.2) is 0 Å². The molecule has 0 atom stereocenters. The Morgan fingerprint density at radius 3 is 1.85 bits per heavy atom. The number of anilines is 3. The van der Waals surface area contributed by atoms with Gasteiger partial charge in [0.05, 0.1) is 5.52 Å². The first-order chi connectivity index (χ1) is 23.8. The molecule has 224 valence electrons. The predicted molar refractivity (Wildman–Crippen MR) is 200 cm³/mol. The first-order valence-electron chi connectivity index (χ1n) is 16.5. The zero-order valence-corrected chi connectivity index (χ0v) is 26.1. The van der Waals surface area contributed by atoms with E-state index in [4.69, 9.17) is 4.65 Å². The molecule has 48 heavy (non-hydrogen) atoms. The van der Waals surface area contributed by atoms with Crippen LogP contribution in [0.5, 0.6) is 5.75 Å². The van der Waals surface area contributed by atoms with E-state index in [0.717, 1.165) is 39.5 Å². The second-order valence-electron chi connectivity index (χ2n) is 12.5. The molecule has 0 amide bonds. The largest absolute Gasteiger partial charge is 0.551 e. The molecule has 0 aliphatic carbocycles. The Morgan fingerprint density at radius 1 is 0.479 bits per heavy atom. The molecule has 3 nitrogen and oxygen atoms in total. The molecule has 0 N–H and O–H groups in total. The van der Waals surface area contributed by atoms with Gasteiger partial charge in [0.2, 0.25) is 0 Å². The van der Waals surface area contributed by atoms with Gasteiger partial charge in [-0.2, -0.15) is 0 Å². The molecule has 0 saturated carbocycles. The highest BCUT2D eigenvalue weighted by Gasteiger charge is 2.43. The minimum atomic E-state index is -0.257. The van der Waals surface area contributed by atoms with Crippen molar-refractivity contribution in [3.05, 3.63) is 176 Å². The van der Waals surface area contributed by atoms with Crippen molar-refractivity contribution in [2.45, 2.75) is 0 Å². The minimum absolute atomic E-state index is 0.257. The normalized spacial score (nSPS) is 12.7. The molecule has 1 aromatic heterocycles. The van der Waals surface area contributed by atoms with Crippen LogP contribution in [0, 0.1) is 0 Å². The molecule has 3 heterocycles. The second-order valence-corrected chi connectivity index (χ2v) is 12.5. The van der Waals surface area contributed by atoms with E-state index in [1.165, 1.54) is 44.2 Å². The number of aromatic nitrogens is 1. The van der Waals surface area contributed by atoms with Crippen molar-refractivity contribution in [2.24, 2.45) is 0 Å². The van der Waals surface area contributed by atoms with E-state index in [9.17, 15) is 0 Å². The summed E-state index contributed by atoms with van der Waals surface area (Å²) in [5.74, 6) is 0.914. The molecule has 0 radical (unpaired) electrons. The third kappa shape index (κ3) is 4.09. The summed E-state index contributed by atoms with van der Waals surface area (Å²) < 4.78 is 9.33. The quantitative estimate of drug-likeness (QED) is 0.184. The van der Waals surface area contributed by atoms with Crippen molar-refractivity contribution in [3.8, 4) is 44.8 Å². The average molecular weight is 613 g/mol. The zero-order chi connectivity index (χ0) is 31.6. The van der Waals surface area contributed by atoms with E-state index in [-0.39, 0.29) is 6.92 Å². The van der Waals surface area contributed by atoms with Crippen LogP contribution in [-0.4, -0.2) is 11.5 Å². The van der Waals surface area contributed by atoms with Crippen LogP contribution in [0.3, 0.4) is 0 Å². The van der Waals surface area contributed by atoms with Gasteiger partial charge in [0.25, 0.3) is 0 Å². The maximum absolute atomic E-state index is 7.03. The summed E-state index contributed by atoms with van der Waals surface area (Å²) >= 11 is 0. The van der Waals surface area contributed by atoms with E-state index in [2.05, 4.69) is 186 Å². The zero-order valence-electron chi connectivity index (χ0n) is 26.1. The van der Waals surface area contributed by atoms with E-state index in [0.29, 0.717) is 0 Å². The van der Waals surface area contributed by atoms with Crippen LogP contribution in [0.15, 0.2) is 176 Å². The molecule has 4 heteroatoms. The van der Waals surface area contributed by atoms with Gasteiger partial charge in [-0.1, -0.05) is 121 Å². The lowest BCUT2D eigenvalue weighted by Gasteiger charge is -2.40. The summed E-state index contributed by atoms with van der Waals surface area (Å²) in [6, 6.07) is 60.8. The molecule has 2 aliphatic rings. The van der Waals surface area contributed by atoms with Gasteiger partial charge in [-0.3, -0.25) is 0 Å². The number of hydrogen-bond donors (Lipinski definition) is 0. The number of fused-ring (bicyclic) bond motifs is 6. The summed E-state index contributed by atoms with van der Waals surface area (Å²) in [4.78, 5) is 2.44. The smallest absolute Gasteiger partial charge is 0.431 e. The number of para-hydroxylation sites is 2. The van der Waals surface area contributed by atoms with Gasteiger partial charge < -0.3 is 14.1 Å². The van der Waals surface area contributed by atoms with Crippen molar-refractivity contribution in [2.75, 3.05) is 4.90 Å². The van der Waals surface area contributed by atoms with Crippen LogP contribution in [0.1, 0.15) is 0 Å². The van der Waals surface area contributed by atoms with Gasteiger partial charge in [-0.05, 0) is 81.8 Å². The highest BCUT2D eigenvalue weighted by atomic mass is 16.4. The number of rotatable bonds is 4. The average Bonchev–Trinajstić information content (AvgIpc) is 3.60. The number of nitrogens with zero attached hydrogens (tertiary/aromatic N) is 2. The Labute approximate surface area is 280 Å². The van der Waals surface area contributed by atoms with Crippen molar-refractivity contribution in [1.29, 1.82) is 0 Å². The molecule has 0 unspecified atom stereocenters. The lowest BCUT2D eigenvalue weighted by atomic mass is 9.49. The van der Waals surface area contributed by atoms with Gasteiger partial charge >= 0.3 is 6.92 Å². The molecule has 10 rings (SSSR count). The number of hydrogen-bond acceptors (Lipinski definition) is 2. The Morgan fingerprint density at radius 2 is 1.10 bits per heavy atom. The summed E-state index contributed by atoms with van der Waals surface area (Å²) in [6.07, 6.45) is 2.20. The minimum Gasteiger partial charge on any atom is -0.551 e. The maximum atomic E-state index is 7.03. The molecular formula is C44H29BN2O. The Bertz CT molecular complexity index is 2470. The van der Waals surface area contributed by atoms with Gasteiger partial charge in [0.15, 0.2) is 0 Å². The molecular weight excluding hydrogens is 583 g/mol. The molecule has 8 aromatic rings. The standard InChI is InChI=1S/C44H29BN2O/c1-4-12-30(13-5-1)32-20-23-35(24-21-32)47-39-25-22-33(31-14-6-2-7-15-31)28-38(39)45-44-41(47)29-40-36(26-27-46(40)34-16-8-3-9-17-34)43(44)37-18-10-11-19-42(37)48-45/h1-29H. The van der Waals surface area contributed by atoms with Gasteiger partial charge in [0.1, 0.15) is 5.75 Å². The second kappa shape index (κ2) is 10.6. The lowest BCUT2D eigenvalue weighted by molar-refractivity contribution is 0.590. The summed E-state index contributed by atoms with van der Waals surface area (Å²) in [5.41, 5.74) is 15.2. The summed E-state index contributed by atoms with van der Waals surface area (Å²) in [7, 11) is 0. The summed E-state index contributed by atoms with van der Waals surface area (Å²) in [6.45, 7) is -0.257. The van der Waals surface area contributed by atoms with E-state index in [1.807, 2.05) is 0 Å². The van der Waals surface area contributed by atoms with Gasteiger partial charge in [0, 0.05) is 45.4 Å². The fourth-order valence-corrected chi connectivity index (χ4v) is 7.64. The van der Waals surface area contributed by atoms with Crippen molar-refractivity contribution in [1.82, 2.24) is 4.57 Å². The lowest BCUT2D eigenvalue weighted by Crippen LogP contribution is -2.56.